The zero-order chi connectivity index (χ0) is 10.6. The highest BCUT2D eigenvalue weighted by molar-refractivity contribution is 5.76. The van der Waals surface area contributed by atoms with Crippen LogP contribution in [0.2, 0.25) is 0 Å². The Hall–Kier alpha value is -0.570. The van der Waals surface area contributed by atoms with Crippen LogP contribution in [0.1, 0.15) is 39.5 Å². The molecule has 1 fully saturated rings. The first kappa shape index (κ1) is 11.5. The summed E-state index contributed by atoms with van der Waals surface area (Å²) in [7, 11) is 1.46. The van der Waals surface area contributed by atoms with Gasteiger partial charge in [-0.1, -0.05) is 13.3 Å². The molecule has 1 saturated carbocycles. The highest BCUT2D eigenvalue weighted by Crippen LogP contribution is 2.30. The molecule has 2 unspecified atom stereocenters. The Morgan fingerprint density at radius 1 is 1.57 bits per heavy atom. The molecule has 0 aromatic carbocycles. The minimum absolute atomic E-state index is 0.0799. The summed E-state index contributed by atoms with van der Waals surface area (Å²) in [5.74, 6) is 0.395. The van der Waals surface area contributed by atoms with Crippen molar-refractivity contribution in [1.29, 1.82) is 0 Å². The molecule has 14 heavy (non-hydrogen) atoms. The number of methoxy groups -OCH3 is 1. The van der Waals surface area contributed by atoms with Crippen LogP contribution < -0.4 is 5.32 Å². The summed E-state index contributed by atoms with van der Waals surface area (Å²) in [6.45, 7) is 4.22. The van der Waals surface area contributed by atoms with Crippen LogP contribution in [0, 0.1) is 5.92 Å². The van der Waals surface area contributed by atoms with Crippen LogP contribution >= 0.6 is 0 Å². The summed E-state index contributed by atoms with van der Waals surface area (Å²) in [5.41, 5.74) is 0. The largest absolute Gasteiger partial charge is 0.468 e. The van der Waals surface area contributed by atoms with Gasteiger partial charge in [0.15, 0.2) is 0 Å². The smallest absolute Gasteiger partial charge is 0.323 e. The first-order chi connectivity index (χ1) is 6.69. The second kappa shape index (κ2) is 5.35. The molecule has 0 aromatic rings. The molecular weight excluding hydrogens is 178 g/mol. The molecule has 0 aromatic heterocycles. The van der Waals surface area contributed by atoms with E-state index in [9.17, 15) is 4.79 Å². The van der Waals surface area contributed by atoms with Crippen LogP contribution in [0.4, 0.5) is 0 Å². The van der Waals surface area contributed by atoms with Crippen molar-refractivity contribution < 1.29 is 9.53 Å². The fraction of sp³-hybridized carbons (Fsp3) is 0.909. The van der Waals surface area contributed by atoms with Crippen molar-refractivity contribution in [1.82, 2.24) is 5.32 Å². The molecule has 1 aliphatic carbocycles. The van der Waals surface area contributed by atoms with E-state index in [2.05, 4.69) is 19.2 Å². The predicted molar refractivity (Wildman–Crippen MR) is 56.0 cm³/mol. The van der Waals surface area contributed by atoms with Crippen LogP contribution in [0.25, 0.3) is 0 Å². The van der Waals surface area contributed by atoms with Crippen LogP contribution in [-0.4, -0.2) is 25.2 Å². The number of carbonyl (C=O) groups excluding carboxylic acids is 1. The molecule has 0 bridgehead atoms. The quantitative estimate of drug-likeness (QED) is 0.685. The van der Waals surface area contributed by atoms with Crippen molar-refractivity contribution in [3.63, 3.8) is 0 Å². The molecule has 1 aliphatic rings. The SMILES string of the molecule is CCC(C)NC(C(=O)OC)C1CCC1. The van der Waals surface area contributed by atoms with Gasteiger partial charge in [0.05, 0.1) is 7.11 Å². The van der Waals surface area contributed by atoms with Crippen LogP contribution in [0.3, 0.4) is 0 Å². The van der Waals surface area contributed by atoms with E-state index in [-0.39, 0.29) is 12.0 Å². The van der Waals surface area contributed by atoms with Gasteiger partial charge in [-0.2, -0.15) is 0 Å². The maximum atomic E-state index is 11.5. The van der Waals surface area contributed by atoms with Crippen molar-refractivity contribution in [3.8, 4) is 0 Å². The molecule has 2 atom stereocenters. The van der Waals surface area contributed by atoms with Gasteiger partial charge in [-0.15, -0.1) is 0 Å². The minimum Gasteiger partial charge on any atom is -0.468 e. The number of rotatable bonds is 5. The standard InChI is InChI=1S/C11H21NO2/c1-4-8(2)12-10(11(13)14-3)9-6-5-7-9/h8-10,12H,4-7H2,1-3H3. The molecule has 3 nitrogen and oxygen atoms in total. The number of nitrogens with one attached hydrogen (secondary N) is 1. The summed E-state index contributed by atoms with van der Waals surface area (Å²) < 4.78 is 4.81. The average Bonchev–Trinajstić information content (AvgIpc) is 2.12. The summed E-state index contributed by atoms with van der Waals surface area (Å²) in [4.78, 5) is 11.5. The maximum absolute atomic E-state index is 11.5. The molecule has 0 radical (unpaired) electrons. The lowest BCUT2D eigenvalue weighted by Crippen LogP contribution is -2.49. The fourth-order valence-corrected chi connectivity index (χ4v) is 1.72. The molecule has 0 amide bonds. The highest BCUT2D eigenvalue weighted by Gasteiger charge is 2.33. The lowest BCUT2D eigenvalue weighted by Gasteiger charge is -2.34. The summed E-state index contributed by atoms with van der Waals surface area (Å²) in [5, 5.41) is 3.34. The van der Waals surface area contributed by atoms with Crippen molar-refractivity contribution in [2.24, 2.45) is 5.92 Å². The fourth-order valence-electron chi connectivity index (χ4n) is 1.72. The van der Waals surface area contributed by atoms with E-state index in [1.165, 1.54) is 13.5 Å². The van der Waals surface area contributed by atoms with Crippen LogP contribution in [0.5, 0.6) is 0 Å². The van der Waals surface area contributed by atoms with E-state index >= 15 is 0 Å². The van der Waals surface area contributed by atoms with Crippen molar-refractivity contribution >= 4 is 5.97 Å². The molecule has 0 spiro atoms. The minimum atomic E-state index is -0.102. The second-order valence-corrected chi connectivity index (χ2v) is 4.17. The maximum Gasteiger partial charge on any atom is 0.323 e. The summed E-state index contributed by atoms with van der Waals surface area (Å²) in [6.07, 6.45) is 4.60. The summed E-state index contributed by atoms with van der Waals surface area (Å²) >= 11 is 0. The Balaban J connectivity index is 2.47. The number of hydrogen-bond donors (Lipinski definition) is 1. The number of carbonyl (C=O) groups is 1. The number of hydrogen-bond acceptors (Lipinski definition) is 3. The molecule has 0 aliphatic heterocycles. The Bertz CT molecular complexity index is 190. The first-order valence-corrected chi connectivity index (χ1v) is 5.53. The van der Waals surface area contributed by atoms with E-state index < -0.39 is 0 Å². The van der Waals surface area contributed by atoms with Gasteiger partial charge < -0.3 is 10.1 Å². The van der Waals surface area contributed by atoms with Gasteiger partial charge in [-0.05, 0) is 32.1 Å². The lowest BCUT2D eigenvalue weighted by molar-refractivity contribution is -0.145. The Morgan fingerprint density at radius 3 is 2.57 bits per heavy atom. The van der Waals surface area contributed by atoms with Gasteiger partial charge in [0, 0.05) is 6.04 Å². The van der Waals surface area contributed by atoms with Crippen molar-refractivity contribution in [2.75, 3.05) is 7.11 Å². The topological polar surface area (TPSA) is 38.3 Å². The third-order valence-electron chi connectivity index (χ3n) is 3.15. The van der Waals surface area contributed by atoms with Crippen LogP contribution in [-0.2, 0) is 9.53 Å². The number of esters is 1. The van der Waals surface area contributed by atoms with Gasteiger partial charge in [0.1, 0.15) is 6.04 Å². The van der Waals surface area contributed by atoms with Crippen molar-refractivity contribution in [2.45, 2.75) is 51.6 Å². The molecular formula is C11H21NO2. The summed E-state index contributed by atoms with van der Waals surface area (Å²) in [6, 6.07) is 0.309. The highest BCUT2D eigenvalue weighted by atomic mass is 16.5. The third kappa shape index (κ3) is 2.71. The molecule has 82 valence electrons. The zero-order valence-corrected chi connectivity index (χ0v) is 9.38. The second-order valence-electron chi connectivity index (χ2n) is 4.17. The van der Waals surface area contributed by atoms with Crippen LogP contribution in [0.15, 0.2) is 0 Å². The Kier molecular flexibility index (Phi) is 4.39. The first-order valence-electron chi connectivity index (χ1n) is 5.53. The molecule has 1 rings (SSSR count). The van der Waals surface area contributed by atoms with Gasteiger partial charge >= 0.3 is 5.97 Å². The van der Waals surface area contributed by atoms with E-state index in [4.69, 9.17) is 4.74 Å². The Morgan fingerprint density at radius 2 is 2.21 bits per heavy atom. The van der Waals surface area contributed by atoms with Crippen molar-refractivity contribution in [3.05, 3.63) is 0 Å². The van der Waals surface area contributed by atoms with E-state index in [1.54, 1.807) is 0 Å². The zero-order valence-electron chi connectivity index (χ0n) is 9.38. The van der Waals surface area contributed by atoms with E-state index in [0.717, 1.165) is 19.3 Å². The van der Waals surface area contributed by atoms with Gasteiger partial charge in [0.25, 0.3) is 0 Å². The van der Waals surface area contributed by atoms with E-state index in [1.807, 2.05) is 0 Å². The normalized spacial score (nSPS) is 21.1. The molecule has 3 heteroatoms. The Labute approximate surface area is 86.2 Å². The average molecular weight is 199 g/mol. The molecule has 0 saturated heterocycles. The lowest BCUT2D eigenvalue weighted by atomic mass is 9.79. The van der Waals surface area contributed by atoms with Gasteiger partial charge in [-0.25, -0.2) is 0 Å². The van der Waals surface area contributed by atoms with Gasteiger partial charge in [0.2, 0.25) is 0 Å². The molecule has 1 N–H and O–H groups in total. The van der Waals surface area contributed by atoms with Gasteiger partial charge in [-0.3, -0.25) is 4.79 Å². The molecule has 0 heterocycles. The van der Waals surface area contributed by atoms with E-state index in [0.29, 0.717) is 12.0 Å². The third-order valence-corrected chi connectivity index (χ3v) is 3.15. The predicted octanol–water partition coefficient (Wildman–Crippen LogP) is 1.72. The monoisotopic (exact) mass is 199 g/mol. The number of ether oxygens (including phenoxy) is 1.